The van der Waals surface area contributed by atoms with Crippen LogP contribution in [0.15, 0.2) is 47.6 Å². The Morgan fingerprint density at radius 3 is 2.59 bits per heavy atom. The van der Waals surface area contributed by atoms with Gasteiger partial charge < -0.3 is 0 Å². The maximum absolute atomic E-state index is 12.6. The lowest BCUT2D eigenvalue weighted by Crippen LogP contribution is -2.39. The van der Waals surface area contributed by atoms with Crippen molar-refractivity contribution >= 4 is 46.3 Å². The van der Waals surface area contributed by atoms with Crippen LogP contribution < -0.4 is 0 Å². The lowest BCUT2D eigenvalue weighted by Gasteiger charge is -2.21. The Bertz CT molecular complexity index is 787. The first-order chi connectivity index (χ1) is 10.6. The van der Waals surface area contributed by atoms with E-state index in [9.17, 15) is 9.59 Å². The van der Waals surface area contributed by atoms with Gasteiger partial charge in [-0.1, -0.05) is 11.6 Å². The van der Waals surface area contributed by atoms with Gasteiger partial charge in [-0.3, -0.25) is 14.6 Å². The highest BCUT2D eigenvalue weighted by molar-refractivity contribution is 8.00. The molecule has 0 saturated heterocycles. The first kappa shape index (κ1) is 14.9. The zero-order valence-corrected chi connectivity index (χ0v) is 13.2. The van der Waals surface area contributed by atoms with Gasteiger partial charge in [-0.05, 0) is 42.7 Å². The largest absolute Gasteiger partial charge is 0.291 e. The van der Waals surface area contributed by atoms with Gasteiger partial charge in [-0.2, -0.15) is 0 Å². The Labute approximate surface area is 136 Å². The fourth-order valence-electron chi connectivity index (χ4n) is 2.27. The molecular formula is C16H11ClN2O2S. The molecule has 0 aliphatic heterocycles. The fraction of sp³-hybridized carbons (Fsp3) is 0.125. The number of carbonyl (C=O) groups excluding carboxylic acids is 2. The Hall–Kier alpha value is -1.98. The predicted molar refractivity (Wildman–Crippen MR) is 88.7 cm³/mol. The van der Waals surface area contributed by atoms with E-state index >= 15 is 0 Å². The molecule has 1 heterocycles. The molecule has 1 aliphatic rings. The van der Waals surface area contributed by atoms with Crippen molar-refractivity contribution in [1.82, 2.24) is 4.98 Å². The molecular weight excluding hydrogens is 320 g/mol. The summed E-state index contributed by atoms with van der Waals surface area (Å²) in [5, 5.41) is -0.0449. The Balaban J connectivity index is 2.12. The van der Waals surface area contributed by atoms with Crippen LogP contribution in [-0.4, -0.2) is 33.8 Å². The molecule has 0 amide bonds. The van der Waals surface area contributed by atoms with Gasteiger partial charge in [0.1, 0.15) is 16.7 Å². The summed E-state index contributed by atoms with van der Waals surface area (Å²) in [6, 6.07) is 10.1. The number of hydrogen-bond acceptors (Lipinski definition) is 5. The van der Waals surface area contributed by atoms with Crippen LogP contribution in [0.3, 0.4) is 0 Å². The monoisotopic (exact) mass is 330 g/mol. The molecule has 1 aromatic heterocycles. The van der Waals surface area contributed by atoms with Gasteiger partial charge in [-0.15, -0.1) is 11.8 Å². The van der Waals surface area contributed by atoms with Crippen molar-refractivity contribution < 1.29 is 9.59 Å². The van der Waals surface area contributed by atoms with Crippen molar-refractivity contribution in [3.8, 4) is 0 Å². The van der Waals surface area contributed by atoms with Crippen molar-refractivity contribution in [3.63, 3.8) is 0 Å². The minimum Gasteiger partial charge on any atom is -0.291 e. The molecule has 2 aromatic rings. The third-order valence-electron chi connectivity index (χ3n) is 3.32. The van der Waals surface area contributed by atoms with E-state index in [-0.39, 0.29) is 23.0 Å². The van der Waals surface area contributed by atoms with Crippen LogP contribution in [0.25, 0.3) is 0 Å². The van der Waals surface area contributed by atoms with Gasteiger partial charge in [0.25, 0.3) is 0 Å². The normalized spacial score (nSPS) is 19.4. The maximum atomic E-state index is 12.6. The van der Waals surface area contributed by atoms with E-state index in [4.69, 9.17) is 11.6 Å². The maximum Gasteiger partial charge on any atom is 0.211 e. The summed E-state index contributed by atoms with van der Waals surface area (Å²) in [6.45, 7) is 0. The minimum atomic E-state index is -0.634. The van der Waals surface area contributed by atoms with Gasteiger partial charge >= 0.3 is 0 Å². The number of carbonyl (C=O) groups is 2. The van der Waals surface area contributed by atoms with E-state index < -0.39 is 5.25 Å². The Kier molecular flexibility index (Phi) is 4.09. The summed E-state index contributed by atoms with van der Waals surface area (Å²) < 4.78 is 0. The molecule has 22 heavy (non-hydrogen) atoms. The van der Waals surface area contributed by atoms with E-state index in [1.54, 1.807) is 42.7 Å². The number of thioether (sulfide) groups is 1. The third kappa shape index (κ3) is 2.58. The number of aliphatic imine (C=N–C) groups is 1. The van der Waals surface area contributed by atoms with E-state index in [1.165, 1.54) is 18.0 Å². The van der Waals surface area contributed by atoms with Crippen molar-refractivity contribution in [2.24, 2.45) is 4.99 Å². The Morgan fingerprint density at radius 2 is 1.91 bits per heavy atom. The molecule has 6 heteroatoms. The summed E-state index contributed by atoms with van der Waals surface area (Å²) in [7, 11) is 0. The molecule has 110 valence electrons. The molecule has 0 bridgehead atoms. The number of aromatic nitrogens is 1. The van der Waals surface area contributed by atoms with Gasteiger partial charge in [-0.25, -0.2) is 4.99 Å². The molecule has 0 spiro atoms. The van der Waals surface area contributed by atoms with Crippen LogP contribution in [0.1, 0.15) is 20.8 Å². The quantitative estimate of drug-likeness (QED) is 0.843. The summed E-state index contributed by atoms with van der Waals surface area (Å²) in [6.07, 6.45) is 3.30. The van der Waals surface area contributed by atoms with Crippen LogP contribution in [0, 0.1) is 0 Å². The Morgan fingerprint density at radius 1 is 1.18 bits per heavy atom. The van der Waals surface area contributed by atoms with E-state index in [0.717, 1.165) is 0 Å². The second-order valence-corrected chi connectivity index (χ2v) is 6.06. The number of nitrogens with zero attached hydrogens (tertiary/aromatic N) is 2. The molecule has 0 N–H and O–H groups in total. The number of rotatable bonds is 2. The molecule has 4 nitrogen and oxygen atoms in total. The van der Waals surface area contributed by atoms with Gasteiger partial charge in [0, 0.05) is 11.2 Å². The number of halogens is 1. The second kappa shape index (κ2) is 6.02. The number of pyridine rings is 1. The minimum absolute atomic E-state index is 0.185. The average Bonchev–Trinajstić information content (AvgIpc) is 2.55. The summed E-state index contributed by atoms with van der Waals surface area (Å²) in [5.41, 5.74) is 1.36. The van der Waals surface area contributed by atoms with Gasteiger partial charge in [0.2, 0.25) is 11.6 Å². The van der Waals surface area contributed by atoms with E-state index in [1.807, 2.05) is 0 Å². The third-order valence-corrected chi connectivity index (χ3v) is 4.48. The van der Waals surface area contributed by atoms with Gasteiger partial charge in [0.05, 0.1) is 11.3 Å². The molecule has 1 aliphatic carbocycles. The smallest absolute Gasteiger partial charge is 0.211 e. The van der Waals surface area contributed by atoms with Crippen LogP contribution in [0.5, 0.6) is 0 Å². The molecule has 3 rings (SSSR count). The van der Waals surface area contributed by atoms with Crippen molar-refractivity contribution in [1.29, 1.82) is 0 Å². The lowest BCUT2D eigenvalue weighted by atomic mass is 9.91. The first-order valence-corrected chi connectivity index (χ1v) is 8.19. The topological polar surface area (TPSA) is 59.4 Å². The van der Waals surface area contributed by atoms with Crippen molar-refractivity contribution in [2.45, 2.75) is 5.25 Å². The van der Waals surface area contributed by atoms with Crippen molar-refractivity contribution in [2.75, 3.05) is 6.26 Å². The number of hydrogen-bond donors (Lipinski definition) is 0. The first-order valence-electron chi connectivity index (χ1n) is 6.52. The number of Topliss-reactive ketones (excluding diaryl/α,β-unsaturated/α-hetero) is 2. The summed E-state index contributed by atoms with van der Waals surface area (Å²) >= 11 is 7.13. The standard InChI is InChI=1S/C16H11ClN2O2S/c1-22-16-13(19-10-6-4-9(17)5-7-10)14(20)11-3-2-8-18-12(11)15(16)21/h2-8,16H,1H3. The van der Waals surface area contributed by atoms with Crippen LogP contribution in [0.2, 0.25) is 5.02 Å². The second-order valence-electron chi connectivity index (χ2n) is 4.68. The molecule has 1 atom stereocenters. The summed E-state index contributed by atoms with van der Waals surface area (Å²) in [5.74, 6) is -0.438. The highest BCUT2D eigenvalue weighted by Gasteiger charge is 2.38. The van der Waals surface area contributed by atoms with Crippen LogP contribution >= 0.6 is 23.4 Å². The number of ketones is 2. The zero-order chi connectivity index (χ0) is 15.7. The highest BCUT2D eigenvalue weighted by atomic mass is 35.5. The molecule has 1 aromatic carbocycles. The van der Waals surface area contributed by atoms with Gasteiger partial charge in [0.15, 0.2) is 0 Å². The lowest BCUT2D eigenvalue weighted by molar-refractivity contribution is 0.0965. The van der Waals surface area contributed by atoms with E-state index in [2.05, 4.69) is 9.98 Å². The predicted octanol–water partition coefficient (Wildman–Crippen LogP) is 3.62. The van der Waals surface area contributed by atoms with E-state index in [0.29, 0.717) is 16.3 Å². The molecule has 0 saturated carbocycles. The van der Waals surface area contributed by atoms with Crippen LogP contribution in [-0.2, 0) is 0 Å². The van der Waals surface area contributed by atoms with Crippen LogP contribution in [0.4, 0.5) is 5.69 Å². The average molecular weight is 331 g/mol. The molecule has 0 radical (unpaired) electrons. The summed E-state index contributed by atoms with van der Waals surface area (Å²) in [4.78, 5) is 33.6. The molecule has 0 fully saturated rings. The number of benzene rings is 1. The zero-order valence-electron chi connectivity index (χ0n) is 11.6. The molecule has 1 unspecified atom stereocenters. The number of fused-ring (bicyclic) bond motifs is 1. The van der Waals surface area contributed by atoms with Crippen molar-refractivity contribution in [3.05, 3.63) is 58.9 Å². The SMILES string of the molecule is CSC1C(=O)c2ncccc2C(=O)C1=Nc1ccc(Cl)cc1. The highest BCUT2D eigenvalue weighted by Crippen LogP contribution is 2.27. The fourth-order valence-corrected chi connectivity index (χ4v) is 3.11.